The Balaban J connectivity index is 5.39. The van der Waals surface area contributed by atoms with Crippen LogP contribution in [0, 0.1) is 17.8 Å². The number of aliphatic hydroxyl groups is 1. The molecule has 10 nitrogen and oxygen atoms in total. The summed E-state index contributed by atoms with van der Waals surface area (Å²) in [6.45, 7) is 10.2. The predicted octanol–water partition coefficient (Wildman–Crippen LogP) is -0.407. The third-order valence-corrected chi connectivity index (χ3v) is 4.90. The van der Waals surface area contributed by atoms with E-state index in [1.54, 1.807) is 20.8 Å². The molecule has 0 aliphatic heterocycles. The SMILES string of the molecule is CCC(C)C(NC(=O)C(NC(=O)C(N)CC(C)C)C(C)C)C(=O)NC(CO)C(=O)O. The molecule has 0 saturated heterocycles. The van der Waals surface area contributed by atoms with Crippen molar-refractivity contribution in [2.75, 3.05) is 6.61 Å². The number of aliphatic carboxylic acids is 1. The zero-order chi connectivity index (χ0) is 23.6. The minimum absolute atomic E-state index is 0.212. The number of hydrogen-bond donors (Lipinski definition) is 6. The number of nitrogens with two attached hydrogens (primary N) is 1. The van der Waals surface area contributed by atoms with Crippen molar-refractivity contribution in [3.8, 4) is 0 Å². The van der Waals surface area contributed by atoms with Crippen LogP contribution in [0.2, 0.25) is 0 Å². The maximum atomic E-state index is 12.9. The van der Waals surface area contributed by atoms with Gasteiger partial charge in [-0.05, 0) is 24.2 Å². The highest BCUT2D eigenvalue weighted by molar-refractivity contribution is 5.94. The second kappa shape index (κ2) is 13.2. The van der Waals surface area contributed by atoms with E-state index in [4.69, 9.17) is 15.9 Å². The summed E-state index contributed by atoms with van der Waals surface area (Å²) in [5.41, 5.74) is 5.90. The zero-order valence-electron chi connectivity index (χ0n) is 18.8. The highest BCUT2D eigenvalue weighted by Crippen LogP contribution is 2.11. The van der Waals surface area contributed by atoms with Gasteiger partial charge in [0.1, 0.15) is 18.1 Å². The molecule has 5 unspecified atom stereocenters. The standard InChI is InChI=1S/C20H38N4O6/c1-7-12(6)16(19(28)22-14(9-25)20(29)30)24-18(27)15(11(4)5)23-17(26)13(21)8-10(2)3/h10-16,25H,7-9,21H2,1-6H3,(H,22,28)(H,23,26)(H,24,27)(H,29,30). The van der Waals surface area contributed by atoms with E-state index < -0.39 is 54.5 Å². The normalized spacial score (nSPS) is 16.3. The number of carbonyl (C=O) groups excluding carboxylic acids is 3. The van der Waals surface area contributed by atoms with Crippen LogP contribution in [0.1, 0.15) is 54.4 Å². The summed E-state index contributed by atoms with van der Waals surface area (Å²) in [7, 11) is 0. The van der Waals surface area contributed by atoms with E-state index in [0.717, 1.165) is 0 Å². The topological polar surface area (TPSA) is 171 Å². The summed E-state index contributed by atoms with van der Waals surface area (Å²) < 4.78 is 0. The molecule has 0 rings (SSSR count). The van der Waals surface area contributed by atoms with Gasteiger partial charge < -0.3 is 31.9 Å². The highest BCUT2D eigenvalue weighted by atomic mass is 16.4. The molecule has 0 spiro atoms. The van der Waals surface area contributed by atoms with Gasteiger partial charge in [0.2, 0.25) is 17.7 Å². The minimum Gasteiger partial charge on any atom is -0.480 e. The molecule has 7 N–H and O–H groups in total. The van der Waals surface area contributed by atoms with Crippen LogP contribution in [0.5, 0.6) is 0 Å². The van der Waals surface area contributed by atoms with Crippen molar-refractivity contribution in [2.24, 2.45) is 23.5 Å². The van der Waals surface area contributed by atoms with Gasteiger partial charge in [0.25, 0.3) is 0 Å². The predicted molar refractivity (Wildman–Crippen MR) is 112 cm³/mol. The van der Waals surface area contributed by atoms with Gasteiger partial charge in [0, 0.05) is 0 Å². The monoisotopic (exact) mass is 430 g/mol. The second-order valence-electron chi connectivity index (χ2n) is 8.42. The average molecular weight is 431 g/mol. The average Bonchev–Trinajstić information content (AvgIpc) is 2.65. The Kier molecular flexibility index (Phi) is 12.2. The van der Waals surface area contributed by atoms with E-state index in [-0.39, 0.29) is 17.8 Å². The lowest BCUT2D eigenvalue weighted by Gasteiger charge is -2.29. The van der Waals surface area contributed by atoms with Crippen LogP contribution in [0.15, 0.2) is 0 Å². The van der Waals surface area contributed by atoms with Crippen LogP contribution < -0.4 is 21.7 Å². The van der Waals surface area contributed by atoms with Crippen LogP contribution in [-0.4, -0.2) is 64.7 Å². The molecule has 0 fully saturated rings. The Morgan fingerprint density at radius 3 is 1.77 bits per heavy atom. The number of carboxylic acid groups (broad SMARTS) is 1. The van der Waals surface area contributed by atoms with Gasteiger partial charge in [-0.3, -0.25) is 14.4 Å². The molecular weight excluding hydrogens is 392 g/mol. The van der Waals surface area contributed by atoms with Crippen molar-refractivity contribution in [1.82, 2.24) is 16.0 Å². The molecule has 5 atom stereocenters. The van der Waals surface area contributed by atoms with Crippen molar-refractivity contribution >= 4 is 23.7 Å². The molecule has 3 amide bonds. The zero-order valence-corrected chi connectivity index (χ0v) is 18.8. The first-order valence-corrected chi connectivity index (χ1v) is 10.4. The number of rotatable bonds is 13. The molecular formula is C20H38N4O6. The smallest absolute Gasteiger partial charge is 0.328 e. The molecule has 0 aliphatic carbocycles. The van der Waals surface area contributed by atoms with Gasteiger partial charge in [-0.2, -0.15) is 0 Å². The fourth-order valence-electron chi connectivity index (χ4n) is 2.80. The Bertz CT molecular complexity index is 596. The van der Waals surface area contributed by atoms with Crippen molar-refractivity contribution in [2.45, 2.75) is 78.6 Å². The van der Waals surface area contributed by atoms with Gasteiger partial charge in [0.15, 0.2) is 0 Å². The molecule has 0 aliphatic rings. The molecule has 174 valence electrons. The summed E-state index contributed by atoms with van der Waals surface area (Å²) in [4.78, 5) is 48.9. The third kappa shape index (κ3) is 9.08. The van der Waals surface area contributed by atoms with Gasteiger partial charge in [-0.1, -0.05) is 48.0 Å². The van der Waals surface area contributed by atoms with E-state index in [9.17, 15) is 19.2 Å². The highest BCUT2D eigenvalue weighted by Gasteiger charge is 2.33. The van der Waals surface area contributed by atoms with Gasteiger partial charge in [-0.25, -0.2) is 4.79 Å². The molecule has 0 heterocycles. The largest absolute Gasteiger partial charge is 0.480 e. The maximum absolute atomic E-state index is 12.9. The summed E-state index contributed by atoms with van der Waals surface area (Å²) in [5.74, 6) is -3.49. The molecule has 0 radical (unpaired) electrons. The second-order valence-corrected chi connectivity index (χ2v) is 8.42. The Labute approximate surface area is 178 Å². The Hall–Kier alpha value is -2.20. The lowest BCUT2D eigenvalue weighted by Crippen LogP contribution is -2.60. The summed E-state index contributed by atoms with van der Waals surface area (Å²) >= 11 is 0. The van der Waals surface area contributed by atoms with Gasteiger partial charge in [0.05, 0.1) is 12.6 Å². The van der Waals surface area contributed by atoms with E-state index in [1.165, 1.54) is 0 Å². The van der Waals surface area contributed by atoms with Crippen molar-refractivity contribution in [1.29, 1.82) is 0 Å². The van der Waals surface area contributed by atoms with Crippen LogP contribution in [0.25, 0.3) is 0 Å². The quantitative estimate of drug-likeness (QED) is 0.231. The van der Waals surface area contributed by atoms with E-state index >= 15 is 0 Å². The van der Waals surface area contributed by atoms with E-state index in [0.29, 0.717) is 12.8 Å². The summed E-state index contributed by atoms with van der Waals surface area (Å²) in [6, 6.07) is -4.18. The van der Waals surface area contributed by atoms with Crippen LogP contribution in [0.3, 0.4) is 0 Å². The third-order valence-electron chi connectivity index (χ3n) is 4.90. The number of hydrogen-bond acceptors (Lipinski definition) is 6. The lowest BCUT2D eigenvalue weighted by molar-refractivity contribution is -0.143. The number of nitrogens with one attached hydrogen (secondary N) is 3. The molecule has 0 aromatic rings. The first-order chi connectivity index (χ1) is 13.8. The number of carbonyl (C=O) groups is 4. The Morgan fingerprint density at radius 1 is 0.867 bits per heavy atom. The first kappa shape index (κ1) is 27.8. The van der Waals surface area contributed by atoms with Gasteiger partial charge in [-0.15, -0.1) is 0 Å². The first-order valence-electron chi connectivity index (χ1n) is 10.4. The van der Waals surface area contributed by atoms with Crippen molar-refractivity contribution in [3.63, 3.8) is 0 Å². The summed E-state index contributed by atoms with van der Waals surface area (Å²) in [6.07, 6.45) is 1.00. The fourth-order valence-corrected chi connectivity index (χ4v) is 2.80. The van der Waals surface area contributed by atoms with Crippen molar-refractivity contribution < 1.29 is 29.4 Å². The minimum atomic E-state index is -1.48. The molecule has 10 heteroatoms. The van der Waals surface area contributed by atoms with E-state index in [2.05, 4.69) is 16.0 Å². The van der Waals surface area contributed by atoms with Crippen LogP contribution in [-0.2, 0) is 19.2 Å². The van der Waals surface area contributed by atoms with Crippen LogP contribution in [0.4, 0.5) is 0 Å². The van der Waals surface area contributed by atoms with Crippen LogP contribution >= 0.6 is 0 Å². The van der Waals surface area contributed by atoms with Crippen molar-refractivity contribution in [3.05, 3.63) is 0 Å². The van der Waals surface area contributed by atoms with E-state index in [1.807, 2.05) is 20.8 Å². The molecule has 0 aromatic carbocycles. The fraction of sp³-hybridized carbons (Fsp3) is 0.800. The molecule has 0 bridgehead atoms. The maximum Gasteiger partial charge on any atom is 0.328 e. The Morgan fingerprint density at radius 2 is 1.37 bits per heavy atom. The molecule has 0 saturated carbocycles. The summed E-state index contributed by atoms with van der Waals surface area (Å²) in [5, 5.41) is 25.7. The van der Waals surface area contributed by atoms with Gasteiger partial charge >= 0.3 is 5.97 Å². The molecule has 0 aromatic heterocycles. The number of aliphatic hydroxyl groups excluding tert-OH is 1. The lowest BCUT2D eigenvalue weighted by atomic mass is 9.96. The number of carboxylic acids is 1. The number of amides is 3. The molecule has 30 heavy (non-hydrogen) atoms.